The lowest BCUT2D eigenvalue weighted by Gasteiger charge is -2.07. The van der Waals surface area contributed by atoms with E-state index in [0.29, 0.717) is 5.39 Å². The first-order valence-electron chi connectivity index (χ1n) is 4.53. The van der Waals surface area contributed by atoms with Gasteiger partial charge in [0, 0.05) is 23.2 Å². The third-order valence-electron chi connectivity index (χ3n) is 2.12. The van der Waals surface area contributed by atoms with E-state index < -0.39 is 10.0 Å². The molecule has 0 aliphatic rings. The molecular weight excluding hydrogens is 228 g/mol. The summed E-state index contributed by atoms with van der Waals surface area (Å²) in [6.45, 7) is 0. The number of aromatic nitrogens is 1. The normalized spacial score (nSPS) is 11.8. The largest absolute Gasteiger partial charge is 0.290 e. The highest BCUT2D eigenvalue weighted by Gasteiger charge is 2.16. The maximum absolute atomic E-state index is 11.8. The van der Waals surface area contributed by atoms with Crippen LogP contribution in [0.1, 0.15) is 0 Å². The summed E-state index contributed by atoms with van der Waals surface area (Å²) < 4.78 is 23.6. The van der Waals surface area contributed by atoms with E-state index in [2.05, 4.69) is 9.82 Å². The number of fused-ring (bicyclic) bond motifs is 1. The highest BCUT2D eigenvalue weighted by Crippen LogP contribution is 2.21. The predicted octanol–water partition coefficient (Wildman–Crippen LogP) is 1.07. The van der Waals surface area contributed by atoms with Gasteiger partial charge in [0.15, 0.2) is 0 Å². The van der Waals surface area contributed by atoms with Crippen molar-refractivity contribution < 1.29 is 13.3 Å². The lowest BCUT2D eigenvalue weighted by atomic mass is 10.2. The van der Waals surface area contributed by atoms with Crippen LogP contribution >= 0.6 is 0 Å². The summed E-state index contributed by atoms with van der Waals surface area (Å²) in [6.07, 6.45) is 3.16. The summed E-state index contributed by atoms with van der Waals surface area (Å²) in [4.78, 5) is 10.5. The molecular formula is C10H10N2O3S. The van der Waals surface area contributed by atoms with Crippen LogP contribution in [0.25, 0.3) is 10.8 Å². The zero-order valence-corrected chi connectivity index (χ0v) is 9.36. The molecule has 84 valence electrons. The molecule has 0 aliphatic carbocycles. The fourth-order valence-corrected chi connectivity index (χ4v) is 2.52. The van der Waals surface area contributed by atoms with Crippen molar-refractivity contribution in [1.29, 1.82) is 0 Å². The Kier molecular flexibility index (Phi) is 2.86. The topological polar surface area (TPSA) is 68.3 Å². The van der Waals surface area contributed by atoms with Crippen LogP contribution in [-0.2, 0) is 14.9 Å². The zero-order chi connectivity index (χ0) is 11.6. The minimum absolute atomic E-state index is 0.175. The molecule has 6 heteroatoms. The van der Waals surface area contributed by atoms with Crippen molar-refractivity contribution in [2.45, 2.75) is 4.90 Å². The second-order valence-corrected chi connectivity index (χ2v) is 4.76. The van der Waals surface area contributed by atoms with Crippen molar-refractivity contribution in [3.8, 4) is 0 Å². The fourth-order valence-electron chi connectivity index (χ4n) is 1.48. The molecule has 0 saturated carbocycles. The smallest absolute Gasteiger partial charge is 0.263 e. The average Bonchev–Trinajstić information content (AvgIpc) is 2.28. The highest BCUT2D eigenvalue weighted by atomic mass is 32.2. The van der Waals surface area contributed by atoms with Crippen LogP contribution in [-0.4, -0.2) is 20.5 Å². The number of nitrogens with zero attached hydrogens (tertiary/aromatic N) is 1. The molecule has 1 heterocycles. The minimum Gasteiger partial charge on any atom is -0.290 e. The van der Waals surface area contributed by atoms with Gasteiger partial charge in [-0.25, -0.2) is 8.42 Å². The van der Waals surface area contributed by atoms with E-state index in [0.717, 1.165) is 5.39 Å². The van der Waals surface area contributed by atoms with Crippen LogP contribution in [0.2, 0.25) is 0 Å². The fraction of sp³-hybridized carbons (Fsp3) is 0.100. The molecule has 16 heavy (non-hydrogen) atoms. The molecule has 0 aliphatic heterocycles. The van der Waals surface area contributed by atoms with Gasteiger partial charge in [-0.3, -0.25) is 9.82 Å². The molecule has 0 spiro atoms. The summed E-state index contributed by atoms with van der Waals surface area (Å²) >= 11 is 0. The number of rotatable bonds is 3. The first-order chi connectivity index (χ1) is 7.65. The third-order valence-corrected chi connectivity index (χ3v) is 3.44. The van der Waals surface area contributed by atoms with E-state index >= 15 is 0 Å². The molecule has 0 amide bonds. The SMILES string of the molecule is CONS(=O)(=O)c1cccc2cnccc12. The van der Waals surface area contributed by atoms with Crippen LogP contribution < -0.4 is 4.89 Å². The molecule has 2 rings (SSSR count). The van der Waals surface area contributed by atoms with Crippen molar-refractivity contribution >= 4 is 20.8 Å². The molecule has 0 unspecified atom stereocenters. The quantitative estimate of drug-likeness (QED) is 0.812. The molecule has 0 atom stereocenters. The van der Waals surface area contributed by atoms with Gasteiger partial charge in [0.1, 0.15) is 0 Å². The van der Waals surface area contributed by atoms with Gasteiger partial charge in [0.25, 0.3) is 10.0 Å². The lowest BCUT2D eigenvalue weighted by Crippen LogP contribution is -2.22. The standard InChI is InChI=1S/C10H10N2O3S/c1-15-12-16(13,14)10-4-2-3-8-7-11-6-5-9(8)10/h2-7,12H,1H3. The van der Waals surface area contributed by atoms with E-state index in [-0.39, 0.29) is 4.90 Å². The lowest BCUT2D eigenvalue weighted by molar-refractivity contribution is 0.153. The number of benzene rings is 1. The van der Waals surface area contributed by atoms with Crippen LogP contribution in [0.3, 0.4) is 0 Å². The first kappa shape index (κ1) is 11.0. The van der Waals surface area contributed by atoms with Gasteiger partial charge in [0.05, 0.1) is 12.0 Å². The molecule has 0 bridgehead atoms. The summed E-state index contributed by atoms with van der Waals surface area (Å²) in [7, 11) is -2.38. The summed E-state index contributed by atoms with van der Waals surface area (Å²) in [5.74, 6) is 0. The molecule has 0 saturated heterocycles. The van der Waals surface area contributed by atoms with Gasteiger partial charge < -0.3 is 0 Å². The van der Waals surface area contributed by atoms with Crippen molar-refractivity contribution in [2.75, 3.05) is 7.11 Å². The summed E-state index contributed by atoms with van der Waals surface area (Å²) in [6, 6.07) is 6.63. The van der Waals surface area contributed by atoms with Gasteiger partial charge in [-0.2, -0.15) is 0 Å². The molecule has 1 N–H and O–H groups in total. The molecule has 0 fully saturated rings. The van der Waals surface area contributed by atoms with Gasteiger partial charge in [-0.05, 0) is 12.1 Å². The highest BCUT2D eigenvalue weighted by molar-refractivity contribution is 7.89. The number of sulfonamides is 1. The van der Waals surface area contributed by atoms with Crippen LogP contribution in [0.4, 0.5) is 0 Å². The van der Waals surface area contributed by atoms with Crippen LogP contribution in [0.15, 0.2) is 41.6 Å². The van der Waals surface area contributed by atoms with Crippen molar-refractivity contribution in [3.63, 3.8) is 0 Å². The predicted molar refractivity (Wildman–Crippen MR) is 59.1 cm³/mol. The van der Waals surface area contributed by atoms with Gasteiger partial charge >= 0.3 is 0 Å². The summed E-state index contributed by atoms with van der Waals surface area (Å²) in [5.41, 5.74) is 0. The van der Waals surface area contributed by atoms with Gasteiger partial charge in [0.2, 0.25) is 0 Å². The first-order valence-corrected chi connectivity index (χ1v) is 6.01. The molecule has 1 aromatic carbocycles. The number of pyridine rings is 1. The number of nitrogens with one attached hydrogen (secondary N) is 1. The van der Waals surface area contributed by atoms with E-state index in [9.17, 15) is 8.42 Å². The van der Waals surface area contributed by atoms with Gasteiger partial charge in [-0.1, -0.05) is 17.0 Å². The van der Waals surface area contributed by atoms with E-state index in [1.807, 2.05) is 4.89 Å². The van der Waals surface area contributed by atoms with Crippen molar-refractivity contribution in [2.24, 2.45) is 0 Å². The van der Waals surface area contributed by atoms with E-state index in [1.54, 1.807) is 30.6 Å². The number of hydrogen-bond acceptors (Lipinski definition) is 4. The van der Waals surface area contributed by atoms with Crippen molar-refractivity contribution in [1.82, 2.24) is 9.87 Å². The van der Waals surface area contributed by atoms with Crippen LogP contribution in [0.5, 0.6) is 0 Å². The van der Waals surface area contributed by atoms with E-state index in [4.69, 9.17) is 0 Å². The monoisotopic (exact) mass is 238 g/mol. The minimum atomic E-state index is -3.64. The maximum Gasteiger partial charge on any atom is 0.263 e. The molecule has 2 aromatic rings. The second kappa shape index (κ2) is 4.17. The average molecular weight is 238 g/mol. The Labute approximate surface area is 93.1 Å². The van der Waals surface area contributed by atoms with Crippen LogP contribution in [0, 0.1) is 0 Å². The zero-order valence-electron chi connectivity index (χ0n) is 8.54. The Morgan fingerprint density at radius 1 is 1.31 bits per heavy atom. The Hall–Kier alpha value is -1.50. The maximum atomic E-state index is 11.8. The summed E-state index contributed by atoms with van der Waals surface area (Å²) in [5, 5.41) is 1.38. The molecule has 5 nitrogen and oxygen atoms in total. The molecule has 1 aromatic heterocycles. The van der Waals surface area contributed by atoms with E-state index in [1.165, 1.54) is 13.2 Å². The Morgan fingerprint density at radius 2 is 2.12 bits per heavy atom. The Morgan fingerprint density at radius 3 is 2.88 bits per heavy atom. The van der Waals surface area contributed by atoms with Crippen molar-refractivity contribution in [3.05, 3.63) is 36.7 Å². The Bertz CT molecular complexity index is 605. The third kappa shape index (κ3) is 1.90. The Balaban J connectivity index is 2.70. The van der Waals surface area contributed by atoms with Gasteiger partial charge in [-0.15, -0.1) is 0 Å². The second-order valence-electron chi connectivity index (χ2n) is 3.14. The molecule has 0 radical (unpaired) electrons. The number of hydrogen-bond donors (Lipinski definition) is 1.